The number of fused-ring (bicyclic) bond motifs is 1. The number of amides is 1. The molecule has 1 aliphatic carbocycles. The molecular formula is C23H24N4OS2. The molecule has 2 aromatic heterocycles. The average molecular weight is 437 g/mol. The van der Waals surface area contributed by atoms with Gasteiger partial charge in [0, 0.05) is 23.8 Å². The molecule has 1 atom stereocenters. The normalized spacial score (nSPS) is 14.4. The smallest absolute Gasteiger partial charge is 0.238 e. The summed E-state index contributed by atoms with van der Waals surface area (Å²) in [6, 6.07) is 12.5. The highest BCUT2D eigenvalue weighted by Crippen LogP contribution is 2.37. The van der Waals surface area contributed by atoms with Gasteiger partial charge in [-0.1, -0.05) is 48.5 Å². The summed E-state index contributed by atoms with van der Waals surface area (Å²) in [6.07, 6.45) is 9.11. The molecule has 1 aliphatic rings. The fourth-order valence-corrected chi connectivity index (χ4v) is 5.80. The molecular weight excluding hydrogens is 412 g/mol. The first-order valence-electron chi connectivity index (χ1n) is 10.2. The molecule has 0 spiro atoms. The Morgan fingerprint density at radius 2 is 2.10 bits per heavy atom. The van der Waals surface area contributed by atoms with Gasteiger partial charge < -0.3 is 9.88 Å². The lowest BCUT2D eigenvalue weighted by Gasteiger charge is -2.13. The molecule has 0 aliphatic heterocycles. The Kier molecular flexibility index (Phi) is 6.56. The van der Waals surface area contributed by atoms with Gasteiger partial charge in [-0.25, -0.2) is 4.98 Å². The van der Waals surface area contributed by atoms with Crippen LogP contribution in [0.4, 0.5) is 5.00 Å². The molecule has 4 rings (SSSR count). The number of carbonyl (C=O) groups is 1. The molecule has 154 valence electrons. The van der Waals surface area contributed by atoms with Gasteiger partial charge in [0.25, 0.3) is 0 Å². The number of thioether (sulfide) groups is 1. The van der Waals surface area contributed by atoms with Crippen LogP contribution >= 0.6 is 23.1 Å². The molecule has 0 saturated carbocycles. The topological polar surface area (TPSA) is 70.7 Å². The molecule has 0 fully saturated rings. The Morgan fingerprint density at radius 3 is 2.90 bits per heavy atom. The summed E-state index contributed by atoms with van der Waals surface area (Å²) in [4.78, 5) is 18.6. The number of nitrogens with zero attached hydrogens (tertiary/aromatic N) is 3. The number of carbonyl (C=O) groups excluding carboxylic acids is 1. The van der Waals surface area contributed by atoms with Gasteiger partial charge in [-0.2, -0.15) is 5.26 Å². The lowest BCUT2D eigenvalue weighted by Crippen LogP contribution is -2.23. The van der Waals surface area contributed by atoms with Crippen molar-refractivity contribution in [2.75, 3.05) is 5.32 Å². The highest BCUT2D eigenvalue weighted by atomic mass is 32.2. The first-order valence-corrected chi connectivity index (χ1v) is 11.9. The maximum absolute atomic E-state index is 12.9. The van der Waals surface area contributed by atoms with E-state index in [0.29, 0.717) is 17.1 Å². The van der Waals surface area contributed by atoms with Crippen molar-refractivity contribution in [2.24, 2.45) is 0 Å². The molecule has 1 amide bonds. The Balaban J connectivity index is 1.44. The minimum atomic E-state index is -0.324. The van der Waals surface area contributed by atoms with Crippen LogP contribution in [-0.2, 0) is 24.2 Å². The summed E-state index contributed by atoms with van der Waals surface area (Å²) in [5.74, 6) is -0.0952. The summed E-state index contributed by atoms with van der Waals surface area (Å²) >= 11 is 3.01. The van der Waals surface area contributed by atoms with Crippen LogP contribution in [0.1, 0.15) is 47.8 Å². The van der Waals surface area contributed by atoms with E-state index in [1.807, 2.05) is 31.3 Å². The van der Waals surface area contributed by atoms with E-state index in [0.717, 1.165) is 36.4 Å². The minimum Gasteiger partial charge on any atom is -0.322 e. The number of hydrogen-bond donors (Lipinski definition) is 1. The number of nitrogens with one attached hydrogen (secondary N) is 1. The van der Waals surface area contributed by atoms with E-state index in [9.17, 15) is 10.1 Å². The standard InChI is InChI=1S/C23H24N4OS2/c1-16(29-23-25-12-13-27(23)15-17-8-4-2-5-9-17)21(28)26-22-19(14-24)18-10-6-3-7-11-20(18)30-22/h2,4-5,8-9,12-13,16H,3,6-7,10-11,15H2,1H3,(H,26,28)/t16-/m1/s1. The van der Waals surface area contributed by atoms with E-state index in [4.69, 9.17) is 0 Å². The van der Waals surface area contributed by atoms with Crippen LogP contribution in [0.5, 0.6) is 0 Å². The highest BCUT2D eigenvalue weighted by molar-refractivity contribution is 8.00. The lowest BCUT2D eigenvalue weighted by molar-refractivity contribution is -0.115. The molecule has 30 heavy (non-hydrogen) atoms. The largest absolute Gasteiger partial charge is 0.322 e. The zero-order chi connectivity index (χ0) is 20.9. The van der Waals surface area contributed by atoms with Gasteiger partial charge in [-0.3, -0.25) is 4.79 Å². The number of thiophene rings is 1. The zero-order valence-corrected chi connectivity index (χ0v) is 18.6. The molecule has 0 bridgehead atoms. The number of hydrogen-bond acceptors (Lipinski definition) is 5. The van der Waals surface area contributed by atoms with E-state index in [-0.39, 0.29) is 11.2 Å². The van der Waals surface area contributed by atoms with E-state index < -0.39 is 0 Å². The Morgan fingerprint density at radius 1 is 1.30 bits per heavy atom. The third kappa shape index (κ3) is 4.61. The van der Waals surface area contributed by atoms with Gasteiger partial charge >= 0.3 is 0 Å². The van der Waals surface area contributed by atoms with Gasteiger partial charge in [0.15, 0.2) is 5.16 Å². The quantitative estimate of drug-likeness (QED) is 0.423. The van der Waals surface area contributed by atoms with Crippen LogP contribution in [0.3, 0.4) is 0 Å². The summed E-state index contributed by atoms with van der Waals surface area (Å²) < 4.78 is 2.05. The van der Waals surface area contributed by atoms with Crippen molar-refractivity contribution < 1.29 is 4.79 Å². The van der Waals surface area contributed by atoms with Crippen LogP contribution in [0.15, 0.2) is 47.9 Å². The molecule has 0 saturated heterocycles. The van der Waals surface area contributed by atoms with E-state index in [1.165, 1.54) is 28.6 Å². The van der Waals surface area contributed by atoms with Crippen LogP contribution in [-0.4, -0.2) is 20.7 Å². The summed E-state index contributed by atoms with van der Waals surface area (Å²) in [6.45, 7) is 2.60. The second kappa shape index (κ2) is 9.50. The fraction of sp³-hybridized carbons (Fsp3) is 0.348. The van der Waals surface area contributed by atoms with E-state index >= 15 is 0 Å². The summed E-state index contributed by atoms with van der Waals surface area (Å²) in [5.41, 5.74) is 3.00. The Hall–Kier alpha value is -2.56. The first-order chi connectivity index (χ1) is 14.7. The van der Waals surface area contributed by atoms with Gasteiger partial charge in [-0.05, 0) is 43.7 Å². The van der Waals surface area contributed by atoms with Crippen molar-refractivity contribution in [3.05, 3.63) is 64.3 Å². The van der Waals surface area contributed by atoms with Crippen molar-refractivity contribution in [3.63, 3.8) is 0 Å². The Labute approximate surface area is 185 Å². The third-order valence-electron chi connectivity index (χ3n) is 5.29. The first kappa shape index (κ1) is 20.7. The minimum absolute atomic E-state index is 0.0952. The number of rotatable bonds is 6. The number of anilines is 1. The highest BCUT2D eigenvalue weighted by Gasteiger charge is 2.23. The number of aromatic nitrogens is 2. The van der Waals surface area contributed by atoms with Crippen LogP contribution in [0.25, 0.3) is 0 Å². The summed E-state index contributed by atoms with van der Waals surface area (Å²) in [7, 11) is 0. The molecule has 5 nitrogen and oxygen atoms in total. The molecule has 2 heterocycles. The number of nitriles is 1. The van der Waals surface area contributed by atoms with Crippen molar-refractivity contribution in [3.8, 4) is 6.07 Å². The van der Waals surface area contributed by atoms with Gasteiger partial charge in [0.05, 0.1) is 10.8 Å². The SMILES string of the molecule is C[C@@H](Sc1nccn1Cc1ccccc1)C(=O)Nc1sc2c(c1C#N)CCCCC2. The maximum atomic E-state index is 12.9. The van der Waals surface area contributed by atoms with Crippen molar-refractivity contribution in [2.45, 2.75) is 56.0 Å². The van der Waals surface area contributed by atoms with Crippen molar-refractivity contribution in [1.29, 1.82) is 5.26 Å². The van der Waals surface area contributed by atoms with E-state index in [2.05, 4.69) is 33.1 Å². The second-order valence-corrected chi connectivity index (χ2v) is 9.87. The average Bonchev–Trinajstić information content (AvgIpc) is 3.24. The van der Waals surface area contributed by atoms with Crippen LogP contribution < -0.4 is 5.32 Å². The third-order valence-corrected chi connectivity index (χ3v) is 7.62. The molecule has 7 heteroatoms. The maximum Gasteiger partial charge on any atom is 0.238 e. The fourth-order valence-electron chi connectivity index (χ4n) is 3.69. The Bertz CT molecular complexity index is 1060. The van der Waals surface area contributed by atoms with Crippen molar-refractivity contribution >= 4 is 34.0 Å². The van der Waals surface area contributed by atoms with Crippen LogP contribution in [0, 0.1) is 11.3 Å². The predicted octanol–water partition coefficient (Wildman–Crippen LogP) is 5.25. The predicted molar refractivity (Wildman–Crippen MR) is 122 cm³/mol. The lowest BCUT2D eigenvalue weighted by atomic mass is 10.1. The number of benzene rings is 1. The van der Waals surface area contributed by atoms with Crippen LogP contribution in [0.2, 0.25) is 0 Å². The zero-order valence-electron chi connectivity index (χ0n) is 16.9. The molecule has 0 unspecified atom stereocenters. The number of imidazole rings is 1. The monoisotopic (exact) mass is 436 g/mol. The molecule has 0 radical (unpaired) electrons. The molecule has 1 N–H and O–H groups in total. The molecule has 1 aromatic carbocycles. The summed E-state index contributed by atoms with van der Waals surface area (Å²) in [5, 5.41) is 13.9. The number of aryl methyl sites for hydroxylation is 1. The van der Waals surface area contributed by atoms with Gasteiger partial charge in [0.1, 0.15) is 11.1 Å². The van der Waals surface area contributed by atoms with E-state index in [1.54, 1.807) is 17.5 Å². The van der Waals surface area contributed by atoms with Gasteiger partial charge in [0.2, 0.25) is 5.91 Å². The molecule has 3 aromatic rings. The second-order valence-electron chi connectivity index (χ2n) is 7.45. The van der Waals surface area contributed by atoms with Crippen molar-refractivity contribution in [1.82, 2.24) is 9.55 Å². The van der Waals surface area contributed by atoms with Gasteiger partial charge in [-0.15, -0.1) is 11.3 Å².